The first-order valence-corrected chi connectivity index (χ1v) is 10.1. The molecule has 3 aromatic rings. The number of benzene rings is 1. The molecule has 3 rings (SSSR count). The lowest BCUT2D eigenvalue weighted by Crippen LogP contribution is -2.23. The molecule has 140 valence electrons. The minimum Gasteiger partial charge on any atom is -0.469 e. The molecule has 8 heteroatoms. The number of ether oxygens (including phenoxy) is 1. The molecule has 0 bridgehead atoms. The molecule has 2 aromatic heterocycles. The van der Waals surface area contributed by atoms with E-state index in [0.717, 1.165) is 23.1 Å². The van der Waals surface area contributed by atoms with Crippen LogP contribution in [0.1, 0.15) is 28.6 Å². The fraction of sp³-hybridized carbons (Fsp3) is 0.263. The third kappa shape index (κ3) is 4.45. The van der Waals surface area contributed by atoms with Crippen LogP contribution in [0, 0.1) is 0 Å². The highest BCUT2D eigenvalue weighted by Crippen LogP contribution is 2.28. The molecule has 0 aliphatic rings. The number of fused-ring (bicyclic) bond motifs is 1. The second kappa shape index (κ2) is 8.49. The highest BCUT2D eigenvalue weighted by molar-refractivity contribution is 8.00. The van der Waals surface area contributed by atoms with Gasteiger partial charge in [0.1, 0.15) is 4.83 Å². The van der Waals surface area contributed by atoms with Crippen molar-refractivity contribution in [1.29, 1.82) is 0 Å². The zero-order valence-corrected chi connectivity index (χ0v) is 16.5. The Morgan fingerprint density at radius 3 is 2.70 bits per heavy atom. The predicted molar refractivity (Wildman–Crippen MR) is 107 cm³/mol. The Labute approximate surface area is 164 Å². The van der Waals surface area contributed by atoms with Crippen molar-refractivity contribution in [3.05, 3.63) is 57.2 Å². The number of hydrogen-bond donors (Lipinski definition) is 1. The van der Waals surface area contributed by atoms with Gasteiger partial charge in [0.15, 0.2) is 10.9 Å². The number of rotatable bonds is 7. The number of aromatic amines is 1. The number of thioether (sulfide) groups is 1. The first-order chi connectivity index (χ1) is 13.0. The number of aryl methyl sites for hydroxylation is 1. The molecule has 0 aliphatic heterocycles. The van der Waals surface area contributed by atoms with E-state index >= 15 is 0 Å². The average Bonchev–Trinajstić information content (AvgIpc) is 3.11. The summed E-state index contributed by atoms with van der Waals surface area (Å²) in [6.07, 6.45) is 0.710. The molecule has 1 unspecified atom stereocenters. The highest BCUT2D eigenvalue weighted by Gasteiger charge is 2.26. The summed E-state index contributed by atoms with van der Waals surface area (Å²) in [7, 11) is 1.28. The molecule has 2 heterocycles. The monoisotopic (exact) mass is 402 g/mol. The zero-order chi connectivity index (χ0) is 19.4. The largest absolute Gasteiger partial charge is 0.469 e. The average molecular weight is 402 g/mol. The van der Waals surface area contributed by atoms with Crippen LogP contribution in [0.25, 0.3) is 10.2 Å². The van der Waals surface area contributed by atoms with E-state index in [1.807, 2.05) is 19.1 Å². The van der Waals surface area contributed by atoms with E-state index < -0.39 is 11.2 Å². The lowest BCUT2D eigenvalue weighted by molar-refractivity contribution is -0.140. The van der Waals surface area contributed by atoms with Gasteiger partial charge in [-0.3, -0.25) is 14.4 Å². The van der Waals surface area contributed by atoms with Crippen molar-refractivity contribution in [3.8, 4) is 0 Å². The van der Waals surface area contributed by atoms with Crippen LogP contribution in [0.15, 0.2) is 46.3 Å². The normalized spacial score (nSPS) is 12.1. The van der Waals surface area contributed by atoms with Crippen molar-refractivity contribution >= 4 is 45.1 Å². The topological polar surface area (TPSA) is 89.1 Å². The molecule has 1 atom stereocenters. The molecule has 6 nitrogen and oxygen atoms in total. The van der Waals surface area contributed by atoms with Crippen LogP contribution in [0.2, 0.25) is 0 Å². The number of hydrogen-bond acceptors (Lipinski definition) is 7. The third-order valence-corrected chi connectivity index (χ3v) is 6.22. The summed E-state index contributed by atoms with van der Waals surface area (Å²) in [6, 6.07) is 10.6. The maximum Gasteiger partial charge on any atom is 0.307 e. The van der Waals surface area contributed by atoms with Crippen LogP contribution < -0.4 is 5.56 Å². The summed E-state index contributed by atoms with van der Waals surface area (Å²) in [6.45, 7) is 2.01. The Kier molecular flexibility index (Phi) is 6.08. The molecule has 0 amide bonds. The first-order valence-electron chi connectivity index (χ1n) is 8.37. The minimum atomic E-state index is -0.744. The van der Waals surface area contributed by atoms with Gasteiger partial charge in [0.25, 0.3) is 5.56 Å². The predicted octanol–water partition coefficient (Wildman–Crippen LogP) is 3.45. The molecule has 0 fully saturated rings. The van der Waals surface area contributed by atoms with Gasteiger partial charge >= 0.3 is 5.97 Å². The number of nitrogens with one attached hydrogen (secondary N) is 1. The summed E-state index contributed by atoms with van der Waals surface area (Å²) < 4.78 is 4.72. The maximum atomic E-state index is 12.9. The molecule has 0 saturated carbocycles. The van der Waals surface area contributed by atoms with Gasteiger partial charge in [0.05, 0.1) is 24.2 Å². The Hall–Kier alpha value is -2.45. The summed E-state index contributed by atoms with van der Waals surface area (Å²) in [5.74, 6) is -0.709. The van der Waals surface area contributed by atoms with Gasteiger partial charge in [-0.2, -0.15) is 0 Å². The number of nitrogens with zero attached hydrogens (tertiary/aromatic N) is 1. The molecule has 0 saturated heterocycles. The number of Topliss-reactive ketones (excluding diaryl/α,β-unsaturated/α-hetero) is 1. The molecule has 0 spiro atoms. The summed E-state index contributed by atoms with van der Waals surface area (Å²) in [4.78, 5) is 45.9. The number of carbonyl (C=O) groups is 2. The van der Waals surface area contributed by atoms with Crippen LogP contribution in [0.4, 0.5) is 0 Å². The summed E-state index contributed by atoms with van der Waals surface area (Å²) in [5.41, 5.74) is 0.245. The van der Waals surface area contributed by atoms with E-state index in [4.69, 9.17) is 4.74 Å². The van der Waals surface area contributed by atoms with E-state index in [2.05, 4.69) is 9.97 Å². The van der Waals surface area contributed by atoms with Gasteiger partial charge < -0.3 is 9.72 Å². The van der Waals surface area contributed by atoms with Crippen LogP contribution in [-0.4, -0.2) is 34.1 Å². The number of H-pyrrole nitrogens is 1. The van der Waals surface area contributed by atoms with Gasteiger partial charge in [0, 0.05) is 10.4 Å². The standard InChI is InChI=1S/C19H18N2O4S2/c1-3-12-9-13-17(24)20-19(21-18(13)26-12)27-14(10-15(22)25-2)16(23)11-7-5-4-6-8-11/h4-9,14H,3,10H2,1-2H3,(H,20,21,24). The summed E-state index contributed by atoms with van der Waals surface area (Å²) in [5, 5.41) is 0.112. The Morgan fingerprint density at radius 2 is 2.04 bits per heavy atom. The molecular formula is C19H18N2O4S2. The van der Waals surface area contributed by atoms with Crippen LogP contribution in [0.5, 0.6) is 0 Å². The first kappa shape index (κ1) is 19.3. The fourth-order valence-electron chi connectivity index (χ4n) is 2.54. The van der Waals surface area contributed by atoms with Crippen molar-refractivity contribution in [3.63, 3.8) is 0 Å². The highest BCUT2D eigenvalue weighted by atomic mass is 32.2. The molecular weight excluding hydrogens is 384 g/mol. The molecule has 27 heavy (non-hydrogen) atoms. The Balaban J connectivity index is 1.93. The van der Waals surface area contributed by atoms with Crippen LogP contribution in [-0.2, 0) is 16.0 Å². The lowest BCUT2D eigenvalue weighted by atomic mass is 10.1. The van der Waals surface area contributed by atoms with Gasteiger partial charge in [-0.05, 0) is 12.5 Å². The fourth-order valence-corrected chi connectivity index (χ4v) is 4.59. The van der Waals surface area contributed by atoms with E-state index in [0.29, 0.717) is 20.9 Å². The van der Waals surface area contributed by atoms with Crippen molar-refractivity contribution < 1.29 is 14.3 Å². The van der Waals surface area contributed by atoms with Crippen molar-refractivity contribution in [2.45, 2.75) is 30.2 Å². The van der Waals surface area contributed by atoms with Gasteiger partial charge in [-0.1, -0.05) is 49.0 Å². The molecule has 0 radical (unpaired) electrons. The minimum absolute atomic E-state index is 0.110. The van der Waals surface area contributed by atoms with E-state index in [1.54, 1.807) is 24.3 Å². The van der Waals surface area contributed by atoms with E-state index in [9.17, 15) is 14.4 Å². The van der Waals surface area contributed by atoms with Gasteiger partial charge in [-0.15, -0.1) is 11.3 Å². The zero-order valence-electron chi connectivity index (χ0n) is 14.9. The molecule has 0 aliphatic carbocycles. The lowest BCUT2D eigenvalue weighted by Gasteiger charge is -2.13. The number of aromatic nitrogens is 2. The van der Waals surface area contributed by atoms with E-state index in [-0.39, 0.29) is 17.8 Å². The Morgan fingerprint density at radius 1 is 1.30 bits per heavy atom. The van der Waals surface area contributed by atoms with Gasteiger partial charge in [-0.25, -0.2) is 4.98 Å². The second-order valence-corrected chi connectivity index (χ2v) is 8.08. The van der Waals surface area contributed by atoms with Crippen molar-refractivity contribution in [1.82, 2.24) is 9.97 Å². The number of ketones is 1. The smallest absolute Gasteiger partial charge is 0.307 e. The number of carbonyl (C=O) groups excluding carboxylic acids is 2. The molecule has 1 N–H and O–H groups in total. The third-order valence-electron chi connectivity index (χ3n) is 3.96. The van der Waals surface area contributed by atoms with Crippen molar-refractivity contribution in [2.75, 3.05) is 7.11 Å². The number of esters is 1. The number of methoxy groups -OCH3 is 1. The SMILES string of the molecule is CCc1cc2c(=O)[nH]c(SC(CC(=O)OC)C(=O)c3ccccc3)nc2s1. The molecule has 1 aromatic carbocycles. The van der Waals surface area contributed by atoms with Crippen LogP contribution >= 0.6 is 23.1 Å². The second-order valence-electron chi connectivity index (χ2n) is 5.77. The van der Waals surface area contributed by atoms with E-state index in [1.165, 1.54) is 18.4 Å². The maximum absolute atomic E-state index is 12.9. The Bertz CT molecular complexity index is 1030. The summed E-state index contributed by atoms with van der Waals surface area (Å²) >= 11 is 2.53. The quantitative estimate of drug-likeness (QED) is 0.282. The number of thiophene rings is 1. The van der Waals surface area contributed by atoms with Crippen LogP contribution in [0.3, 0.4) is 0 Å². The van der Waals surface area contributed by atoms with Crippen molar-refractivity contribution in [2.24, 2.45) is 0 Å². The van der Waals surface area contributed by atoms with Gasteiger partial charge in [0.2, 0.25) is 0 Å².